The van der Waals surface area contributed by atoms with E-state index in [1.807, 2.05) is 6.07 Å². The first-order valence-corrected chi connectivity index (χ1v) is 9.61. The van der Waals surface area contributed by atoms with Crippen LogP contribution >= 0.6 is 11.6 Å². The first-order valence-electron chi connectivity index (χ1n) is 9.23. The quantitative estimate of drug-likeness (QED) is 0.854. The number of aliphatic hydroxyl groups is 1. The Balaban J connectivity index is 1.64. The number of phenols is 1. The minimum Gasteiger partial charge on any atom is -0.508 e. The number of halogens is 1. The van der Waals surface area contributed by atoms with Gasteiger partial charge in [0, 0.05) is 55.5 Å². The van der Waals surface area contributed by atoms with Gasteiger partial charge >= 0.3 is 0 Å². The van der Waals surface area contributed by atoms with Gasteiger partial charge in [0.25, 0.3) is 0 Å². The first kappa shape index (κ1) is 18.0. The summed E-state index contributed by atoms with van der Waals surface area (Å²) in [5, 5.41) is 20.2. The Morgan fingerprint density at radius 2 is 1.92 bits per heavy atom. The van der Waals surface area contributed by atoms with E-state index < -0.39 is 0 Å². The summed E-state index contributed by atoms with van der Waals surface area (Å²) in [5.74, 6) is 0.313. The number of rotatable bonds is 5. The monoisotopic (exact) mass is 352 g/mol. The molecule has 1 unspecified atom stereocenters. The molecule has 3 rings (SSSR count). The van der Waals surface area contributed by atoms with E-state index >= 15 is 0 Å². The molecule has 134 valence electrons. The average molecular weight is 353 g/mol. The largest absolute Gasteiger partial charge is 0.508 e. The fourth-order valence-electron chi connectivity index (χ4n) is 4.30. The molecule has 1 saturated heterocycles. The maximum atomic E-state index is 10.1. The number of piperazine rings is 1. The molecule has 2 fully saturated rings. The van der Waals surface area contributed by atoms with Gasteiger partial charge in [-0.1, -0.05) is 30.9 Å². The third-order valence-corrected chi connectivity index (χ3v) is 5.79. The van der Waals surface area contributed by atoms with Gasteiger partial charge in [-0.3, -0.25) is 9.80 Å². The second-order valence-corrected chi connectivity index (χ2v) is 7.64. The maximum absolute atomic E-state index is 10.1. The molecule has 4 nitrogen and oxygen atoms in total. The Hall–Kier alpha value is -0.810. The van der Waals surface area contributed by atoms with Gasteiger partial charge in [0.1, 0.15) is 5.75 Å². The average Bonchev–Trinajstić information content (AvgIpc) is 2.59. The van der Waals surface area contributed by atoms with E-state index in [0.717, 1.165) is 31.6 Å². The van der Waals surface area contributed by atoms with E-state index in [1.165, 1.54) is 32.1 Å². The zero-order valence-corrected chi connectivity index (χ0v) is 15.1. The lowest BCUT2D eigenvalue weighted by Gasteiger charge is -2.46. The van der Waals surface area contributed by atoms with Gasteiger partial charge in [-0.05, 0) is 37.5 Å². The van der Waals surface area contributed by atoms with Crippen LogP contribution in [0.3, 0.4) is 0 Å². The Morgan fingerprint density at radius 1 is 1.12 bits per heavy atom. The van der Waals surface area contributed by atoms with Gasteiger partial charge < -0.3 is 10.2 Å². The minimum atomic E-state index is 0.240. The molecule has 0 aromatic heterocycles. The fraction of sp³-hybridized carbons (Fsp3) is 0.684. The van der Waals surface area contributed by atoms with Crippen molar-refractivity contribution in [2.75, 3.05) is 26.2 Å². The highest BCUT2D eigenvalue weighted by Crippen LogP contribution is 2.29. The molecule has 1 aliphatic carbocycles. The summed E-state index contributed by atoms with van der Waals surface area (Å²) in [6.07, 6.45) is 7.48. The molecule has 1 aromatic rings. The van der Waals surface area contributed by atoms with Gasteiger partial charge in [-0.2, -0.15) is 0 Å². The van der Waals surface area contributed by atoms with Crippen LogP contribution in [0.25, 0.3) is 0 Å². The van der Waals surface area contributed by atoms with Crippen molar-refractivity contribution in [1.29, 1.82) is 0 Å². The fourth-order valence-corrected chi connectivity index (χ4v) is 4.49. The van der Waals surface area contributed by atoms with E-state index in [2.05, 4.69) is 9.80 Å². The molecule has 2 aliphatic rings. The lowest BCUT2D eigenvalue weighted by Crippen LogP contribution is -2.56. The van der Waals surface area contributed by atoms with E-state index in [1.54, 1.807) is 12.1 Å². The van der Waals surface area contributed by atoms with Gasteiger partial charge in [-0.15, -0.1) is 0 Å². The van der Waals surface area contributed by atoms with E-state index in [-0.39, 0.29) is 6.61 Å². The van der Waals surface area contributed by atoms with E-state index in [9.17, 15) is 10.2 Å². The summed E-state index contributed by atoms with van der Waals surface area (Å²) < 4.78 is 0. The van der Waals surface area contributed by atoms with Crippen LogP contribution in [0.15, 0.2) is 18.2 Å². The number of phenolic OH excluding ortho intramolecular Hbond substituents is 1. The third kappa shape index (κ3) is 4.42. The van der Waals surface area contributed by atoms with Crippen molar-refractivity contribution in [3.05, 3.63) is 28.8 Å². The number of hydrogen-bond donors (Lipinski definition) is 2. The van der Waals surface area contributed by atoms with Gasteiger partial charge in [0.2, 0.25) is 0 Å². The summed E-state index contributed by atoms with van der Waals surface area (Å²) in [4.78, 5) is 5.02. The highest BCUT2D eigenvalue weighted by molar-refractivity contribution is 6.30. The van der Waals surface area contributed by atoms with Gasteiger partial charge in [-0.25, -0.2) is 0 Å². The number of hydrogen-bond acceptors (Lipinski definition) is 4. The number of benzene rings is 1. The highest BCUT2D eigenvalue weighted by atomic mass is 35.5. The summed E-state index contributed by atoms with van der Waals surface area (Å²) in [6.45, 7) is 3.96. The molecule has 1 atom stereocenters. The van der Waals surface area contributed by atoms with Crippen LogP contribution < -0.4 is 0 Å². The topological polar surface area (TPSA) is 46.9 Å². The van der Waals surface area contributed by atoms with Crippen molar-refractivity contribution in [3.63, 3.8) is 0 Å². The standard InChI is InChI=1S/C19H29ClN2O2/c20-16-6-7-19(24)15(12-16)13-21-9-10-22(18(14-21)8-11-23)17-4-2-1-3-5-17/h6-7,12,17-18,23-24H,1-5,8-11,13-14H2. The van der Waals surface area contributed by atoms with Crippen molar-refractivity contribution in [1.82, 2.24) is 9.80 Å². The molecular formula is C19H29ClN2O2. The van der Waals surface area contributed by atoms with E-state index in [0.29, 0.717) is 29.4 Å². The van der Waals surface area contributed by atoms with Crippen LogP contribution in [0.2, 0.25) is 5.02 Å². The maximum Gasteiger partial charge on any atom is 0.120 e. The van der Waals surface area contributed by atoms with Gasteiger partial charge in [0.15, 0.2) is 0 Å². The smallest absolute Gasteiger partial charge is 0.120 e. The molecular weight excluding hydrogens is 324 g/mol. The summed E-state index contributed by atoms with van der Waals surface area (Å²) >= 11 is 6.07. The van der Waals surface area contributed by atoms with Crippen LogP contribution in [-0.2, 0) is 6.54 Å². The molecule has 0 radical (unpaired) electrons. The van der Waals surface area contributed by atoms with Crippen molar-refractivity contribution < 1.29 is 10.2 Å². The molecule has 1 heterocycles. The van der Waals surface area contributed by atoms with Crippen molar-refractivity contribution in [2.24, 2.45) is 0 Å². The zero-order valence-electron chi connectivity index (χ0n) is 14.3. The predicted octanol–water partition coefficient (Wildman–Crippen LogP) is 3.25. The zero-order chi connectivity index (χ0) is 16.9. The summed E-state index contributed by atoms with van der Waals surface area (Å²) in [5.41, 5.74) is 0.886. The predicted molar refractivity (Wildman–Crippen MR) is 97.5 cm³/mol. The molecule has 1 aromatic carbocycles. The summed E-state index contributed by atoms with van der Waals surface area (Å²) in [6, 6.07) is 6.34. The third-order valence-electron chi connectivity index (χ3n) is 5.55. The van der Waals surface area contributed by atoms with Crippen molar-refractivity contribution in [3.8, 4) is 5.75 Å². The van der Waals surface area contributed by atoms with Crippen LogP contribution in [0.5, 0.6) is 5.75 Å². The molecule has 1 aliphatic heterocycles. The lowest BCUT2D eigenvalue weighted by molar-refractivity contribution is 0.0134. The highest BCUT2D eigenvalue weighted by Gasteiger charge is 2.32. The van der Waals surface area contributed by atoms with Crippen LogP contribution in [0.1, 0.15) is 44.1 Å². The second kappa shape index (κ2) is 8.52. The van der Waals surface area contributed by atoms with Crippen molar-refractivity contribution in [2.45, 2.75) is 57.2 Å². The normalized spacial score (nSPS) is 24.3. The Bertz CT molecular complexity index is 534. The Kier molecular flexibility index (Phi) is 6.39. The number of nitrogens with zero attached hydrogens (tertiary/aromatic N) is 2. The first-order chi connectivity index (χ1) is 11.7. The van der Waals surface area contributed by atoms with Crippen LogP contribution in [-0.4, -0.2) is 58.3 Å². The Labute approximate surface area is 150 Å². The van der Waals surface area contributed by atoms with Crippen molar-refractivity contribution >= 4 is 11.6 Å². The number of aliphatic hydroxyl groups excluding tert-OH is 1. The van der Waals surface area contributed by atoms with Gasteiger partial charge in [0.05, 0.1) is 0 Å². The molecule has 0 bridgehead atoms. The molecule has 2 N–H and O–H groups in total. The van der Waals surface area contributed by atoms with Crippen LogP contribution in [0.4, 0.5) is 0 Å². The number of aromatic hydroxyl groups is 1. The van der Waals surface area contributed by atoms with Crippen LogP contribution in [0, 0.1) is 0 Å². The lowest BCUT2D eigenvalue weighted by atomic mass is 9.91. The summed E-state index contributed by atoms with van der Waals surface area (Å²) in [7, 11) is 0. The minimum absolute atomic E-state index is 0.240. The Morgan fingerprint density at radius 3 is 2.67 bits per heavy atom. The molecule has 0 spiro atoms. The second-order valence-electron chi connectivity index (χ2n) is 7.20. The molecule has 1 saturated carbocycles. The van der Waals surface area contributed by atoms with E-state index in [4.69, 9.17) is 11.6 Å². The molecule has 5 heteroatoms. The SMILES string of the molecule is OCCC1CN(Cc2cc(Cl)ccc2O)CCN1C1CCCCC1. The molecule has 24 heavy (non-hydrogen) atoms. The molecule has 0 amide bonds.